The number of nitrogens with one attached hydrogen (secondary N) is 1. The van der Waals surface area contributed by atoms with Crippen molar-refractivity contribution in [2.24, 2.45) is 0 Å². The summed E-state index contributed by atoms with van der Waals surface area (Å²) in [6, 6.07) is 10.5. The Bertz CT molecular complexity index is 1090. The second kappa shape index (κ2) is 6.42. The van der Waals surface area contributed by atoms with Crippen molar-refractivity contribution < 1.29 is 4.21 Å². The summed E-state index contributed by atoms with van der Waals surface area (Å²) in [6.07, 6.45) is 8.90. The van der Waals surface area contributed by atoms with Gasteiger partial charge in [-0.15, -0.1) is 0 Å². The summed E-state index contributed by atoms with van der Waals surface area (Å²) in [5, 5.41) is 5.18. The molecular formula is C19H19N5OS. The fourth-order valence-electron chi connectivity index (χ4n) is 2.94. The third kappa shape index (κ3) is 2.90. The Morgan fingerprint density at radius 1 is 1.08 bits per heavy atom. The molecule has 0 saturated carbocycles. The second-order valence-corrected chi connectivity index (χ2v) is 7.54. The Labute approximate surface area is 154 Å². The van der Waals surface area contributed by atoms with Crippen LogP contribution in [0.1, 0.15) is 0 Å². The Morgan fingerprint density at radius 3 is 2.50 bits per heavy atom. The second-order valence-electron chi connectivity index (χ2n) is 6.32. The summed E-state index contributed by atoms with van der Waals surface area (Å²) in [5.41, 5.74) is 6.05. The highest BCUT2D eigenvalue weighted by atomic mass is 32.2. The average Bonchev–Trinajstić information content (AvgIpc) is 3.28. The van der Waals surface area contributed by atoms with Crippen LogP contribution in [-0.2, 0) is 11.0 Å². The van der Waals surface area contributed by atoms with Crippen LogP contribution in [0.3, 0.4) is 0 Å². The number of hydrogen-bond acceptors (Lipinski definition) is 4. The molecule has 6 nitrogen and oxygen atoms in total. The normalized spacial score (nSPS) is 12.4. The van der Waals surface area contributed by atoms with Gasteiger partial charge in [-0.05, 0) is 23.8 Å². The van der Waals surface area contributed by atoms with Crippen molar-refractivity contribution in [1.82, 2.24) is 19.2 Å². The number of hydrogen-bond donors (Lipinski definition) is 1. The zero-order chi connectivity index (χ0) is 18.3. The smallest absolute Gasteiger partial charge is 0.137 e. The Kier molecular flexibility index (Phi) is 4.08. The first-order valence-corrected chi connectivity index (χ1v) is 9.68. The molecular weight excluding hydrogens is 346 g/mol. The van der Waals surface area contributed by atoms with E-state index in [4.69, 9.17) is 0 Å². The molecule has 0 bridgehead atoms. The Hall–Kier alpha value is -2.93. The zero-order valence-corrected chi connectivity index (χ0v) is 15.6. The summed E-state index contributed by atoms with van der Waals surface area (Å²) < 4.78 is 13.0. The average molecular weight is 365 g/mol. The quantitative estimate of drug-likeness (QED) is 0.603. The van der Waals surface area contributed by atoms with E-state index in [1.54, 1.807) is 18.6 Å². The lowest BCUT2D eigenvalue weighted by Crippen LogP contribution is -2.07. The van der Waals surface area contributed by atoms with E-state index < -0.39 is 11.0 Å². The number of rotatable bonds is 4. The predicted octanol–water partition coefficient (Wildman–Crippen LogP) is 3.30. The molecule has 1 aromatic carbocycles. The monoisotopic (exact) mass is 365 g/mol. The fraction of sp³-hybridized carbons (Fsp3) is 0.158. The topological polar surface area (TPSA) is 66.8 Å². The molecule has 7 heteroatoms. The van der Waals surface area contributed by atoms with Crippen molar-refractivity contribution >= 4 is 27.7 Å². The van der Waals surface area contributed by atoms with Gasteiger partial charge in [-0.25, -0.2) is 9.19 Å². The molecule has 0 fully saturated rings. The SMILES string of the molecule is CN(C)c1ccc(-c2cnc3[nH]cc(-c4cnn(S(C)=O)c4)c3c2)cc1. The van der Waals surface area contributed by atoms with Crippen molar-refractivity contribution in [3.05, 3.63) is 55.1 Å². The molecule has 0 aliphatic carbocycles. The largest absolute Gasteiger partial charge is 0.378 e. The molecule has 0 saturated heterocycles. The van der Waals surface area contributed by atoms with Crippen molar-refractivity contribution in [2.75, 3.05) is 25.3 Å². The number of aromatic amines is 1. The number of nitrogens with zero attached hydrogens (tertiary/aromatic N) is 4. The van der Waals surface area contributed by atoms with Gasteiger partial charge < -0.3 is 9.88 Å². The molecule has 4 aromatic rings. The molecule has 0 spiro atoms. The lowest BCUT2D eigenvalue weighted by molar-refractivity contribution is 0.675. The molecule has 0 aliphatic heterocycles. The molecule has 0 aliphatic rings. The maximum atomic E-state index is 11.6. The van der Waals surface area contributed by atoms with Gasteiger partial charge in [0.1, 0.15) is 16.6 Å². The van der Waals surface area contributed by atoms with E-state index in [1.165, 1.54) is 4.09 Å². The van der Waals surface area contributed by atoms with Crippen molar-refractivity contribution in [3.63, 3.8) is 0 Å². The van der Waals surface area contributed by atoms with Gasteiger partial charge in [0.25, 0.3) is 0 Å². The Morgan fingerprint density at radius 2 is 1.85 bits per heavy atom. The standard InChI is InChI=1S/C19H19N5OS/c1-23(2)16-6-4-13(5-7-16)14-8-17-18(11-21-19(17)20-9-14)15-10-22-24(12-15)26(3)25/h4-12H,1-3H3,(H,20,21). The molecule has 1 unspecified atom stereocenters. The molecule has 26 heavy (non-hydrogen) atoms. The van der Waals surface area contributed by atoms with Gasteiger partial charge in [-0.3, -0.25) is 0 Å². The van der Waals surface area contributed by atoms with E-state index in [0.717, 1.165) is 39.0 Å². The van der Waals surface area contributed by atoms with Crippen LogP contribution in [-0.4, -0.2) is 43.7 Å². The van der Waals surface area contributed by atoms with E-state index in [-0.39, 0.29) is 0 Å². The van der Waals surface area contributed by atoms with Gasteiger partial charge in [0.15, 0.2) is 0 Å². The first-order chi connectivity index (χ1) is 12.5. The van der Waals surface area contributed by atoms with E-state index >= 15 is 0 Å². The summed E-state index contributed by atoms with van der Waals surface area (Å²) in [7, 11) is 2.88. The lowest BCUT2D eigenvalue weighted by atomic mass is 10.0. The van der Waals surface area contributed by atoms with Gasteiger partial charge in [0.05, 0.1) is 6.20 Å². The minimum absolute atomic E-state index is 0.819. The van der Waals surface area contributed by atoms with Crippen LogP contribution in [0.2, 0.25) is 0 Å². The fourth-order valence-corrected chi connectivity index (χ4v) is 3.38. The number of H-pyrrole nitrogens is 1. The first-order valence-electron chi connectivity index (χ1n) is 8.17. The molecule has 132 valence electrons. The van der Waals surface area contributed by atoms with Crippen molar-refractivity contribution in [2.45, 2.75) is 0 Å². The predicted molar refractivity (Wildman–Crippen MR) is 107 cm³/mol. The molecule has 1 N–H and O–H groups in total. The van der Waals surface area contributed by atoms with Crippen LogP contribution in [0.25, 0.3) is 33.3 Å². The van der Waals surface area contributed by atoms with E-state index in [1.807, 2.05) is 26.5 Å². The van der Waals surface area contributed by atoms with Crippen LogP contribution in [0.15, 0.2) is 55.1 Å². The molecule has 3 heterocycles. The van der Waals surface area contributed by atoms with Crippen LogP contribution in [0, 0.1) is 0 Å². The van der Waals surface area contributed by atoms with Crippen molar-refractivity contribution in [1.29, 1.82) is 0 Å². The van der Waals surface area contributed by atoms with E-state index in [0.29, 0.717) is 0 Å². The van der Waals surface area contributed by atoms with Crippen LogP contribution >= 0.6 is 0 Å². The highest BCUT2D eigenvalue weighted by molar-refractivity contribution is 7.82. The first kappa shape index (κ1) is 16.5. The minimum Gasteiger partial charge on any atom is -0.378 e. The lowest BCUT2D eigenvalue weighted by Gasteiger charge is -2.12. The van der Waals surface area contributed by atoms with E-state index in [2.05, 4.69) is 50.3 Å². The van der Waals surface area contributed by atoms with Gasteiger partial charge in [0.2, 0.25) is 0 Å². The number of anilines is 1. The van der Waals surface area contributed by atoms with Crippen LogP contribution in [0.5, 0.6) is 0 Å². The summed E-state index contributed by atoms with van der Waals surface area (Å²) in [4.78, 5) is 9.82. The highest BCUT2D eigenvalue weighted by Crippen LogP contribution is 2.31. The van der Waals surface area contributed by atoms with Crippen LogP contribution < -0.4 is 4.90 Å². The molecule has 3 aromatic heterocycles. The van der Waals surface area contributed by atoms with Gasteiger partial charge >= 0.3 is 0 Å². The van der Waals surface area contributed by atoms with Gasteiger partial charge in [0, 0.05) is 66.7 Å². The van der Waals surface area contributed by atoms with Gasteiger partial charge in [-0.1, -0.05) is 12.1 Å². The zero-order valence-electron chi connectivity index (χ0n) is 14.8. The molecule has 0 amide bonds. The molecule has 4 rings (SSSR count). The summed E-state index contributed by atoms with van der Waals surface area (Å²) in [6.45, 7) is 0. The number of aromatic nitrogens is 4. The third-order valence-corrected chi connectivity index (χ3v) is 5.11. The number of pyridine rings is 1. The number of benzene rings is 1. The van der Waals surface area contributed by atoms with Crippen LogP contribution in [0.4, 0.5) is 5.69 Å². The van der Waals surface area contributed by atoms with Crippen molar-refractivity contribution in [3.8, 4) is 22.3 Å². The maximum absolute atomic E-state index is 11.6. The maximum Gasteiger partial charge on any atom is 0.137 e. The van der Waals surface area contributed by atoms with Gasteiger partial charge in [-0.2, -0.15) is 9.19 Å². The molecule has 0 radical (unpaired) electrons. The minimum atomic E-state index is -1.17. The van der Waals surface area contributed by atoms with E-state index in [9.17, 15) is 4.21 Å². The summed E-state index contributed by atoms with van der Waals surface area (Å²) >= 11 is 0. The number of fused-ring (bicyclic) bond motifs is 1. The summed E-state index contributed by atoms with van der Waals surface area (Å²) in [5.74, 6) is 0. The molecule has 1 atom stereocenters. The Balaban J connectivity index is 1.77. The highest BCUT2D eigenvalue weighted by Gasteiger charge is 2.11. The third-order valence-electron chi connectivity index (χ3n) is 4.38.